The molecule has 0 radical (unpaired) electrons. The number of H-pyrrole nitrogens is 1. The number of ether oxygens (including phenoxy) is 1. The molecule has 2 N–H and O–H groups in total. The van der Waals surface area contributed by atoms with Gasteiger partial charge in [-0.2, -0.15) is 0 Å². The standard InChI is InChI=1S/C12H13NO3/c1-6-7(2)13-11-9(6)4-8(5-10(11)14)12(15)16-3/h4-5,13-14H,1-3H3. The summed E-state index contributed by atoms with van der Waals surface area (Å²) in [6.45, 7) is 3.86. The van der Waals surface area contributed by atoms with Crippen molar-refractivity contribution in [2.24, 2.45) is 0 Å². The van der Waals surface area contributed by atoms with E-state index in [1.54, 1.807) is 6.07 Å². The number of aryl methyl sites for hydroxylation is 2. The van der Waals surface area contributed by atoms with Crippen molar-refractivity contribution in [1.82, 2.24) is 4.98 Å². The van der Waals surface area contributed by atoms with E-state index >= 15 is 0 Å². The molecular formula is C12H13NO3. The highest BCUT2D eigenvalue weighted by molar-refractivity contribution is 5.98. The second-order valence-corrected chi connectivity index (χ2v) is 3.78. The van der Waals surface area contributed by atoms with E-state index in [0.29, 0.717) is 11.1 Å². The number of benzene rings is 1. The molecule has 0 aliphatic heterocycles. The lowest BCUT2D eigenvalue weighted by molar-refractivity contribution is 0.0600. The molecule has 0 spiro atoms. The van der Waals surface area contributed by atoms with E-state index in [1.807, 2.05) is 13.8 Å². The number of carbonyl (C=O) groups is 1. The van der Waals surface area contributed by atoms with Crippen LogP contribution in [0, 0.1) is 13.8 Å². The van der Waals surface area contributed by atoms with E-state index in [9.17, 15) is 9.90 Å². The molecule has 2 aromatic rings. The molecule has 4 nitrogen and oxygen atoms in total. The van der Waals surface area contributed by atoms with Crippen LogP contribution in [0.2, 0.25) is 0 Å². The zero-order valence-corrected chi connectivity index (χ0v) is 9.42. The van der Waals surface area contributed by atoms with Crippen molar-refractivity contribution < 1.29 is 14.6 Å². The Hall–Kier alpha value is -1.97. The first-order valence-electron chi connectivity index (χ1n) is 4.94. The van der Waals surface area contributed by atoms with E-state index < -0.39 is 5.97 Å². The lowest BCUT2D eigenvalue weighted by Gasteiger charge is -2.02. The number of carbonyl (C=O) groups excluding carboxylic acids is 1. The minimum Gasteiger partial charge on any atom is -0.506 e. The van der Waals surface area contributed by atoms with Crippen LogP contribution in [0.1, 0.15) is 21.6 Å². The monoisotopic (exact) mass is 219 g/mol. The van der Waals surface area contributed by atoms with Gasteiger partial charge in [0.2, 0.25) is 0 Å². The first-order chi connectivity index (χ1) is 7.54. The number of hydrogen-bond donors (Lipinski definition) is 2. The molecule has 0 saturated carbocycles. The summed E-state index contributed by atoms with van der Waals surface area (Å²) in [5, 5.41) is 10.6. The topological polar surface area (TPSA) is 62.3 Å². The average Bonchev–Trinajstić information content (AvgIpc) is 2.56. The maximum Gasteiger partial charge on any atom is 0.338 e. The van der Waals surface area contributed by atoms with Crippen molar-refractivity contribution in [2.75, 3.05) is 7.11 Å². The molecule has 1 heterocycles. The Bertz CT molecular complexity index is 569. The summed E-state index contributed by atoms with van der Waals surface area (Å²) in [4.78, 5) is 14.5. The van der Waals surface area contributed by atoms with Gasteiger partial charge < -0.3 is 14.8 Å². The Morgan fingerprint density at radius 2 is 2.06 bits per heavy atom. The molecule has 16 heavy (non-hydrogen) atoms. The SMILES string of the molecule is COC(=O)c1cc(O)c2[nH]c(C)c(C)c2c1. The fraction of sp³-hybridized carbons (Fsp3) is 0.250. The van der Waals surface area contributed by atoms with Crippen LogP contribution >= 0.6 is 0 Å². The van der Waals surface area contributed by atoms with Crippen molar-refractivity contribution >= 4 is 16.9 Å². The van der Waals surface area contributed by atoms with Crippen LogP contribution in [-0.4, -0.2) is 23.2 Å². The van der Waals surface area contributed by atoms with E-state index in [4.69, 9.17) is 0 Å². The number of phenols is 1. The van der Waals surface area contributed by atoms with Gasteiger partial charge in [0.1, 0.15) is 5.75 Å². The second-order valence-electron chi connectivity index (χ2n) is 3.78. The third kappa shape index (κ3) is 1.43. The Morgan fingerprint density at radius 1 is 1.38 bits per heavy atom. The number of aromatic amines is 1. The highest BCUT2D eigenvalue weighted by atomic mass is 16.5. The number of phenolic OH excluding ortho intramolecular Hbond substituents is 1. The van der Waals surface area contributed by atoms with Crippen LogP contribution < -0.4 is 0 Å². The number of rotatable bonds is 1. The van der Waals surface area contributed by atoms with Gasteiger partial charge in [-0.25, -0.2) is 4.79 Å². The molecule has 0 bridgehead atoms. The predicted molar refractivity (Wildman–Crippen MR) is 60.8 cm³/mol. The predicted octanol–water partition coefficient (Wildman–Crippen LogP) is 2.28. The van der Waals surface area contributed by atoms with Crippen LogP contribution in [0.5, 0.6) is 5.75 Å². The van der Waals surface area contributed by atoms with Gasteiger partial charge in [0.05, 0.1) is 18.2 Å². The average molecular weight is 219 g/mol. The molecule has 0 aliphatic carbocycles. The number of fused-ring (bicyclic) bond motifs is 1. The van der Waals surface area contributed by atoms with Crippen LogP contribution in [0.3, 0.4) is 0 Å². The Kier molecular flexibility index (Phi) is 2.34. The lowest BCUT2D eigenvalue weighted by atomic mass is 10.1. The van der Waals surface area contributed by atoms with Crippen LogP contribution in [0.25, 0.3) is 10.9 Å². The van der Waals surface area contributed by atoms with Gasteiger partial charge in [-0.05, 0) is 31.5 Å². The first kappa shape index (κ1) is 10.5. The number of esters is 1. The number of aromatic nitrogens is 1. The maximum absolute atomic E-state index is 11.4. The Morgan fingerprint density at radius 3 is 2.69 bits per heavy atom. The smallest absolute Gasteiger partial charge is 0.338 e. The molecule has 2 rings (SSSR count). The quantitative estimate of drug-likeness (QED) is 0.723. The molecule has 0 saturated heterocycles. The Labute approximate surface area is 92.9 Å². The van der Waals surface area contributed by atoms with Crippen LogP contribution in [0.4, 0.5) is 0 Å². The van der Waals surface area contributed by atoms with Crippen molar-refractivity contribution in [3.8, 4) is 5.75 Å². The zero-order chi connectivity index (χ0) is 11.9. The summed E-state index contributed by atoms with van der Waals surface area (Å²) in [7, 11) is 1.32. The molecule has 84 valence electrons. The minimum absolute atomic E-state index is 0.0640. The van der Waals surface area contributed by atoms with Crippen molar-refractivity contribution in [3.63, 3.8) is 0 Å². The van der Waals surface area contributed by atoms with Gasteiger partial charge in [0, 0.05) is 11.1 Å². The molecule has 0 amide bonds. The molecule has 0 aliphatic rings. The highest BCUT2D eigenvalue weighted by Gasteiger charge is 2.13. The normalized spacial score (nSPS) is 10.7. The summed E-state index contributed by atoms with van der Waals surface area (Å²) in [5.41, 5.74) is 3.01. The van der Waals surface area contributed by atoms with Crippen molar-refractivity contribution in [1.29, 1.82) is 0 Å². The van der Waals surface area contributed by atoms with E-state index in [-0.39, 0.29) is 5.75 Å². The molecule has 0 atom stereocenters. The first-order valence-corrected chi connectivity index (χ1v) is 4.94. The maximum atomic E-state index is 11.4. The van der Waals surface area contributed by atoms with E-state index in [0.717, 1.165) is 16.6 Å². The van der Waals surface area contributed by atoms with Gasteiger partial charge in [0.15, 0.2) is 0 Å². The van der Waals surface area contributed by atoms with Gasteiger partial charge in [0.25, 0.3) is 0 Å². The van der Waals surface area contributed by atoms with Gasteiger partial charge in [-0.3, -0.25) is 0 Å². The summed E-state index contributed by atoms with van der Waals surface area (Å²) < 4.78 is 4.63. The number of nitrogens with one attached hydrogen (secondary N) is 1. The second kappa shape index (κ2) is 3.56. The molecule has 0 fully saturated rings. The van der Waals surface area contributed by atoms with Crippen LogP contribution in [0.15, 0.2) is 12.1 Å². The van der Waals surface area contributed by atoms with E-state index in [2.05, 4.69) is 9.72 Å². The fourth-order valence-corrected chi connectivity index (χ4v) is 1.77. The zero-order valence-electron chi connectivity index (χ0n) is 9.42. The third-order valence-electron chi connectivity index (χ3n) is 2.82. The summed E-state index contributed by atoms with van der Waals surface area (Å²) >= 11 is 0. The molecular weight excluding hydrogens is 206 g/mol. The van der Waals surface area contributed by atoms with Gasteiger partial charge in [-0.15, -0.1) is 0 Å². The molecule has 0 unspecified atom stereocenters. The fourth-order valence-electron chi connectivity index (χ4n) is 1.77. The summed E-state index contributed by atoms with van der Waals surface area (Å²) in [5.74, 6) is -0.385. The number of hydrogen-bond acceptors (Lipinski definition) is 3. The largest absolute Gasteiger partial charge is 0.506 e. The Balaban J connectivity index is 2.75. The minimum atomic E-state index is -0.449. The molecule has 1 aromatic carbocycles. The lowest BCUT2D eigenvalue weighted by Crippen LogP contribution is -2.00. The number of methoxy groups -OCH3 is 1. The molecule has 1 aromatic heterocycles. The van der Waals surface area contributed by atoms with E-state index in [1.165, 1.54) is 13.2 Å². The van der Waals surface area contributed by atoms with Gasteiger partial charge in [-0.1, -0.05) is 0 Å². The van der Waals surface area contributed by atoms with Crippen molar-refractivity contribution in [3.05, 3.63) is 29.0 Å². The molecule has 4 heteroatoms. The van der Waals surface area contributed by atoms with Crippen molar-refractivity contribution in [2.45, 2.75) is 13.8 Å². The third-order valence-corrected chi connectivity index (χ3v) is 2.82. The number of aromatic hydroxyl groups is 1. The summed E-state index contributed by atoms with van der Waals surface area (Å²) in [6.07, 6.45) is 0. The van der Waals surface area contributed by atoms with Gasteiger partial charge >= 0.3 is 5.97 Å². The summed E-state index contributed by atoms with van der Waals surface area (Å²) in [6, 6.07) is 3.13. The highest BCUT2D eigenvalue weighted by Crippen LogP contribution is 2.30. The van der Waals surface area contributed by atoms with Crippen LogP contribution in [-0.2, 0) is 4.74 Å².